The van der Waals surface area contributed by atoms with E-state index in [4.69, 9.17) is 4.74 Å². The van der Waals surface area contributed by atoms with Crippen LogP contribution < -0.4 is 0 Å². The number of Topliss-reactive ketones (excluding diaryl/α,β-unsaturated/α-hetero) is 1. The molecule has 0 saturated carbocycles. The van der Waals surface area contributed by atoms with Gasteiger partial charge < -0.3 is 9.47 Å². The van der Waals surface area contributed by atoms with Gasteiger partial charge in [0.05, 0.1) is 24.7 Å². The van der Waals surface area contributed by atoms with Gasteiger partial charge in [0.2, 0.25) is 0 Å². The maximum absolute atomic E-state index is 12.3. The van der Waals surface area contributed by atoms with Gasteiger partial charge in [0.15, 0.2) is 9.84 Å². The predicted molar refractivity (Wildman–Crippen MR) is 76.9 cm³/mol. The largest absolute Gasteiger partial charge is 0.460 e. The Bertz CT molecular complexity index is 678. The van der Waals surface area contributed by atoms with Gasteiger partial charge in [-0.05, 0) is 41.1 Å². The second-order valence-corrected chi connectivity index (χ2v) is 7.45. The SMILES string of the molecule is CCOC(=O)C(=O)c1ccc(S(=O)(=O)C2COC2)c(Br)c1. The lowest BCUT2D eigenvalue weighted by Crippen LogP contribution is -2.40. The van der Waals surface area contributed by atoms with Crippen LogP contribution in [-0.4, -0.2) is 45.2 Å². The molecule has 0 amide bonds. The number of ketones is 1. The second-order valence-electron chi connectivity index (χ2n) is 4.40. The molecule has 21 heavy (non-hydrogen) atoms. The summed E-state index contributed by atoms with van der Waals surface area (Å²) in [5.74, 6) is -1.78. The fraction of sp³-hybridized carbons (Fsp3) is 0.385. The maximum atomic E-state index is 12.3. The average Bonchev–Trinajstić information content (AvgIpc) is 2.34. The van der Waals surface area contributed by atoms with Crippen molar-refractivity contribution in [3.05, 3.63) is 28.2 Å². The Morgan fingerprint density at radius 3 is 2.52 bits per heavy atom. The Morgan fingerprint density at radius 1 is 1.38 bits per heavy atom. The third kappa shape index (κ3) is 3.17. The Morgan fingerprint density at radius 2 is 2.05 bits per heavy atom. The molecular formula is C13H13BrO6S. The molecule has 1 aromatic carbocycles. The quantitative estimate of drug-likeness (QED) is 0.438. The highest BCUT2D eigenvalue weighted by Crippen LogP contribution is 2.29. The Balaban J connectivity index is 2.29. The third-order valence-electron chi connectivity index (χ3n) is 3.01. The number of carbonyl (C=O) groups excluding carboxylic acids is 2. The monoisotopic (exact) mass is 376 g/mol. The summed E-state index contributed by atoms with van der Waals surface area (Å²) in [6, 6.07) is 3.92. The minimum absolute atomic E-state index is 0.0733. The molecule has 0 radical (unpaired) electrons. The van der Waals surface area contributed by atoms with Gasteiger partial charge in [-0.1, -0.05) is 0 Å². The minimum atomic E-state index is -3.51. The molecule has 1 heterocycles. The van der Waals surface area contributed by atoms with E-state index >= 15 is 0 Å². The lowest BCUT2D eigenvalue weighted by Gasteiger charge is -2.26. The first-order valence-corrected chi connectivity index (χ1v) is 8.54. The third-order valence-corrected chi connectivity index (χ3v) is 6.05. The fourth-order valence-corrected chi connectivity index (χ4v) is 4.31. The van der Waals surface area contributed by atoms with Crippen molar-refractivity contribution < 1.29 is 27.5 Å². The van der Waals surface area contributed by atoms with E-state index in [9.17, 15) is 18.0 Å². The second kappa shape index (κ2) is 6.25. The summed E-state index contributed by atoms with van der Waals surface area (Å²) in [6.07, 6.45) is 0. The first-order chi connectivity index (χ1) is 9.87. The van der Waals surface area contributed by atoms with E-state index in [0.29, 0.717) is 0 Å². The number of hydrogen-bond acceptors (Lipinski definition) is 6. The fourth-order valence-electron chi connectivity index (χ4n) is 1.76. The van der Waals surface area contributed by atoms with Crippen LogP contribution in [0.25, 0.3) is 0 Å². The van der Waals surface area contributed by atoms with Crippen LogP contribution in [0.5, 0.6) is 0 Å². The van der Waals surface area contributed by atoms with E-state index in [2.05, 4.69) is 20.7 Å². The molecule has 0 bridgehead atoms. The Hall–Kier alpha value is -1.25. The van der Waals surface area contributed by atoms with Crippen LogP contribution in [0.1, 0.15) is 17.3 Å². The number of rotatable bonds is 5. The smallest absolute Gasteiger partial charge is 0.379 e. The molecular weight excluding hydrogens is 364 g/mol. The number of sulfone groups is 1. The lowest BCUT2D eigenvalue weighted by atomic mass is 10.1. The topological polar surface area (TPSA) is 86.7 Å². The van der Waals surface area contributed by atoms with Crippen LogP contribution >= 0.6 is 15.9 Å². The van der Waals surface area contributed by atoms with Gasteiger partial charge in [-0.3, -0.25) is 4.79 Å². The molecule has 0 atom stereocenters. The van der Waals surface area contributed by atoms with Crippen LogP contribution in [-0.2, 0) is 24.1 Å². The van der Waals surface area contributed by atoms with Crippen LogP contribution in [0.4, 0.5) is 0 Å². The average molecular weight is 377 g/mol. The predicted octanol–water partition coefficient (Wildman–Crippen LogP) is 1.37. The van der Waals surface area contributed by atoms with E-state index in [1.165, 1.54) is 18.2 Å². The van der Waals surface area contributed by atoms with Crippen LogP contribution in [0.3, 0.4) is 0 Å². The summed E-state index contributed by atoms with van der Waals surface area (Å²) in [5, 5.41) is -0.569. The highest BCUT2D eigenvalue weighted by molar-refractivity contribution is 9.10. The first kappa shape index (κ1) is 16.1. The molecule has 0 unspecified atom stereocenters. The highest BCUT2D eigenvalue weighted by Gasteiger charge is 2.35. The van der Waals surface area contributed by atoms with Crippen LogP contribution in [0, 0.1) is 0 Å². The Labute approximate surface area is 130 Å². The van der Waals surface area contributed by atoms with Gasteiger partial charge in [-0.25, -0.2) is 13.2 Å². The molecule has 2 rings (SSSR count). The number of carbonyl (C=O) groups is 2. The molecule has 8 heteroatoms. The van der Waals surface area contributed by atoms with Gasteiger partial charge in [-0.2, -0.15) is 0 Å². The number of esters is 1. The molecule has 0 aromatic heterocycles. The van der Waals surface area contributed by atoms with Crippen molar-refractivity contribution in [2.45, 2.75) is 17.1 Å². The van der Waals surface area contributed by atoms with E-state index in [1.54, 1.807) is 6.92 Å². The van der Waals surface area contributed by atoms with Crippen molar-refractivity contribution in [2.75, 3.05) is 19.8 Å². The van der Waals surface area contributed by atoms with Crippen molar-refractivity contribution >= 4 is 37.5 Å². The summed E-state index contributed by atoms with van der Waals surface area (Å²) in [4.78, 5) is 23.2. The molecule has 6 nitrogen and oxygen atoms in total. The van der Waals surface area contributed by atoms with Crippen molar-refractivity contribution in [3.63, 3.8) is 0 Å². The number of benzene rings is 1. The van der Waals surface area contributed by atoms with Gasteiger partial charge in [0, 0.05) is 10.0 Å². The molecule has 0 spiro atoms. The van der Waals surface area contributed by atoms with Crippen LogP contribution in [0.15, 0.2) is 27.6 Å². The number of hydrogen-bond donors (Lipinski definition) is 0. The molecule has 1 aromatic rings. The summed E-state index contributed by atoms with van der Waals surface area (Å²) in [7, 11) is -3.51. The Kier molecular flexibility index (Phi) is 4.80. The zero-order chi connectivity index (χ0) is 15.6. The standard InChI is InChI=1S/C13H13BrO6S/c1-2-20-13(16)12(15)8-3-4-11(10(14)5-8)21(17,18)9-6-19-7-9/h3-5,9H,2,6-7H2,1H3. The number of ether oxygens (including phenoxy) is 2. The molecule has 1 aliphatic heterocycles. The van der Waals surface area contributed by atoms with Crippen LogP contribution in [0.2, 0.25) is 0 Å². The lowest BCUT2D eigenvalue weighted by molar-refractivity contribution is -0.137. The zero-order valence-corrected chi connectivity index (χ0v) is 13.6. The summed E-state index contributed by atoms with van der Waals surface area (Å²) in [5.41, 5.74) is 0.0733. The molecule has 1 fully saturated rings. The van der Waals surface area contributed by atoms with Gasteiger partial charge in [-0.15, -0.1) is 0 Å². The van der Waals surface area contributed by atoms with Gasteiger partial charge in [0.25, 0.3) is 5.78 Å². The minimum Gasteiger partial charge on any atom is -0.460 e. The van der Waals surface area contributed by atoms with Crippen molar-refractivity contribution in [3.8, 4) is 0 Å². The number of halogens is 1. The van der Waals surface area contributed by atoms with Gasteiger partial charge in [0.1, 0.15) is 5.25 Å². The normalized spacial score (nSPS) is 15.3. The molecule has 0 N–H and O–H groups in total. The molecule has 114 valence electrons. The molecule has 1 aliphatic rings. The summed E-state index contributed by atoms with van der Waals surface area (Å²) < 4.78 is 34.3. The molecule has 1 saturated heterocycles. The summed E-state index contributed by atoms with van der Waals surface area (Å²) in [6.45, 7) is 2.02. The summed E-state index contributed by atoms with van der Waals surface area (Å²) >= 11 is 3.14. The van der Waals surface area contributed by atoms with Crippen molar-refractivity contribution in [1.29, 1.82) is 0 Å². The van der Waals surface area contributed by atoms with Gasteiger partial charge >= 0.3 is 5.97 Å². The maximum Gasteiger partial charge on any atom is 0.379 e. The highest BCUT2D eigenvalue weighted by atomic mass is 79.9. The van der Waals surface area contributed by atoms with Crippen molar-refractivity contribution in [2.24, 2.45) is 0 Å². The first-order valence-electron chi connectivity index (χ1n) is 6.20. The van der Waals surface area contributed by atoms with Crippen molar-refractivity contribution in [1.82, 2.24) is 0 Å². The van der Waals surface area contributed by atoms with E-state index in [0.717, 1.165) is 0 Å². The van der Waals surface area contributed by atoms with E-state index in [1.807, 2.05) is 0 Å². The molecule has 0 aliphatic carbocycles. The zero-order valence-electron chi connectivity index (χ0n) is 11.2. The van der Waals surface area contributed by atoms with E-state index < -0.39 is 26.8 Å². The van der Waals surface area contributed by atoms with E-state index in [-0.39, 0.29) is 34.8 Å².